The fraction of sp³-hybridized carbons (Fsp3) is 0.588. The van der Waals surface area contributed by atoms with Crippen LogP contribution in [0.4, 0.5) is 5.69 Å². The van der Waals surface area contributed by atoms with Crippen LogP contribution in [-0.2, 0) is 22.5 Å². The average Bonchev–Trinajstić information content (AvgIpc) is 2.87. The van der Waals surface area contributed by atoms with E-state index in [4.69, 9.17) is 4.74 Å². The van der Waals surface area contributed by atoms with Gasteiger partial charge in [-0.1, -0.05) is 32.4 Å². The van der Waals surface area contributed by atoms with Crippen LogP contribution in [0.15, 0.2) is 18.2 Å². The van der Waals surface area contributed by atoms with Gasteiger partial charge >= 0.3 is 5.97 Å². The highest BCUT2D eigenvalue weighted by Crippen LogP contribution is 2.27. The van der Waals surface area contributed by atoms with Gasteiger partial charge < -0.3 is 15.0 Å². The number of fused-ring (bicyclic) bond motifs is 1. The lowest BCUT2D eigenvalue weighted by molar-refractivity contribution is -0.144. The van der Waals surface area contributed by atoms with Gasteiger partial charge in [-0.15, -0.1) is 0 Å². The van der Waals surface area contributed by atoms with E-state index in [-0.39, 0.29) is 17.9 Å². The quantitative estimate of drug-likeness (QED) is 0.817. The van der Waals surface area contributed by atoms with Crippen molar-refractivity contribution in [3.63, 3.8) is 0 Å². The first-order chi connectivity index (χ1) is 10.1. The van der Waals surface area contributed by atoms with Crippen molar-refractivity contribution >= 4 is 11.7 Å². The molecule has 4 heteroatoms. The summed E-state index contributed by atoms with van der Waals surface area (Å²) in [4.78, 5) is 14.2. The Morgan fingerprint density at radius 3 is 2.90 bits per heavy atom. The summed E-state index contributed by atoms with van der Waals surface area (Å²) in [5.41, 5.74) is 3.95. The van der Waals surface area contributed by atoms with Crippen LogP contribution in [0.25, 0.3) is 0 Å². The first-order valence-corrected chi connectivity index (χ1v) is 7.71. The Morgan fingerprint density at radius 1 is 1.48 bits per heavy atom. The van der Waals surface area contributed by atoms with Crippen LogP contribution in [0.5, 0.6) is 0 Å². The molecular weight excluding hydrogens is 264 g/mol. The van der Waals surface area contributed by atoms with Crippen LogP contribution in [-0.4, -0.2) is 32.7 Å². The number of ether oxygens (including phenoxy) is 1. The van der Waals surface area contributed by atoms with Crippen LogP contribution in [0.1, 0.15) is 31.4 Å². The lowest BCUT2D eigenvalue weighted by atomic mass is 9.98. The minimum atomic E-state index is -0.240. The normalized spacial score (nSPS) is 16.5. The molecule has 0 saturated heterocycles. The molecule has 1 N–H and O–H groups in total. The third-order valence-corrected chi connectivity index (χ3v) is 4.47. The van der Waals surface area contributed by atoms with Crippen LogP contribution in [0, 0.1) is 5.92 Å². The predicted octanol–water partition coefficient (Wildman–Crippen LogP) is 2.36. The van der Waals surface area contributed by atoms with Gasteiger partial charge in [0, 0.05) is 25.8 Å². The smallest absolute Gasteiger partial charge is 0.323 e. The first kappa shape index (κ1) is 15.8. The summed E-state index contributed by atoms with van der Waals surface area (Å²) >= 11 is 0. The third-order valence-electron chi connectivity index (χ3n) is 4.47. The molecule has 1 aliphatic heterocycles. The summed E-state index contributed by atoms with van der Waals surface area (Å²) in [5.74, 6) is 0.0863. The van der Waals surface area contributed by atoms with E-state index < -0.39 is 0 Å². The fourth-order valence-electron chi connectivity index (χ4n) is 2.84. The van der Waals surface area contributed by atoms with Gasteiger partial charge in [0.25, 0.3) is 0 Å². The number of benzene rings is 1. The molecule has 0 aromatic heterocycles. The number of nitrogens with one attached hydrogen (secondary N) is 1. The van der Waals surface area contributed by atoms with Crippen LogP contribution in [0.2, 0.25) is 0 Å². The van der Waals surface area contributed by atoms with Crippen molar-refractivity contribution in [2.75, 3.05) is 25.6 Å². The van der Waals surface area contributed by atoms with Crippen LogP contribution < -0.4 is 10.2 Å². The van der Waals surface area contributed by atoms with Crippen molar-refractivity contribution in [1.29, 1.82) is 0 Å². The second-order valence-corrected chi connectivity index (χ2v) is 5.90. The van der Waals surface area contributed by atoms with E-state index in [1.165, 1.54) is 23.9 Å². The third kappa shape index (κ3) is 3.56. The maximum absolute atomic E-state index is 11.9. The van der Waals surface area contributed by atoms with Gasteiger partial charge in [-0.25, -0.2) is 0 Å². The molecule has 0 radical (unpaired) electrons. The highest BCUT2D eigenvalue weighted by Gasteiger charge is 2.24. The Balaban J connectivity index is 2.02. The molecule has 1 aromatic rings. The Morgan fingerprint density at radius 2 is 2.24 bits per heavy atom. The molecular formula is C17H26N2O2. The van der Waals surface area contributed by atoms with E-state index in [1.807, 2.05) is 0 Å². The predicted molar refractivity (Wildman–Crippen MR) is 85.5 cm³/mol. The molecule has 21 heavy (non-hydrogen) atoms. The van der Waals surface area contributed by atoms with E-state index in [9.17, 15) is 4.79 Å². The van der Waals surface area contributed by atoms with Gasteiger partial charge in [0.15, 0.2) is 0 Å². The number of esters is 1. The summed E-state index contributed by atoms with van der Waals surface area (Å²) in [6, 6.07) is 6.32. The maximum atomic E-state index is 11.9. The highest BCUT2D eigenvalue weighted by atomic mass is 16.5. The van der Waals surface area contributed by atoms with Crippen molar-refractivity contribution < 1.29 is 9.53 Å². The monoisotopic (exact) mass is 290 g/mol. The number of methoxy groups -OCH3 is 1. The van der Waals surface area contributed by atoms with Gasteiger partial charge in [0.05, 0.1) is 7.11 Å². The number of rotatable bonds is 6. The van der Waals surface area contributed by atoms with Crippen molar-refractivity contribution in [2.24, 2.45) is 5.92 Å². The van der Waals surface area contributed by atoms with Gasteiger partial charge in [0.1, 0.15) is 6.04 Å². The molecule has 0 saturated carbocycles. The molecule has 0 aliphatic carbocycles. The number of nitrogens with zero attached hydrogens (tertiary/aromatic N) is 1. The van der Waals surface area contributed by atoms with E-state index in [2.05, 4.69) is 49.3 Å². The summed E-state index contributed by atoms with van der Waals surface area (Å²) in [5, 5.41) is 3.35. The molecule has 1 heterocycles. The fourth-order valence-corrected chi connectivity index (χ4v) is 2.84. The van der Waals surface area contributed by atoms with Crippen molar-refractivity contribution in [1.82, 2.24) is 5.32 Å². The van der Waals surface area contributed by atoms with Crippen LogP contribution in [0.3, 0.4) is 0 Å². The molecule has 0 amide bonds. The number of likely N-dealkylation sites (N-methyl/N-ethyl adjacent to an activating group) is 1. The van der Waals surface area contributed by atoms with Crippen molar-refractivity contribution in [3.05, 3.63) is 29.3 Å². The van der Waals surface area contributed by atoms with Crippen molar-refractivity contribution in [3.8, 4) is 0 Å². The van der Waals surface area contributed by atoms with Gasteiger partial charge in [0.2, 0.25) is 0 Å². The molecule has 116 valence electrons. The number of anilines is 1. The molecule has 0 bridgehead atoms. The van der Waals surface area contributed by atoms with E-state index in [0.29, 0.717) is 6.54 Å². The summed E-state index contributed by atoms with van der Waals surface area (Å²) in [7, 11) is 3.57. The standard InChI is InChI=1S/C17H26N2O2/c1-5-12(2)16(17(20)21-4)18-11-13-6-7-15-14(10-13)8-9-19(15)3/h6-7,10,12,16,18H,5,8-9,11H2,1-4H3. The van der Waals surface area contributed by atoms with Gasteiger partial charge in [-0.2, -0.15) is 0 Å². The first-order valence-electron chi connectivity index (χ1n) is 7.71. The minimum absolute atomic E-state index is 0.176. The second-order valence-electron chi connectivity index (χ2n) is 5.90. The SMILES string of the molecule is CCC(C)C(NCc1ccc2c(c1)CCN2C)C(=O)OC. The number of carbonyl (C=O) groups is 1. The van der Waals surface area contributed by atoms with E-state index >= 15 is 0 Å². The van der Waals surface area contributed by atoms with Crippen LogP contribution >= 0.6 is 0 Å². The van der Waals surface area contributed by atoms with Gasteiger partial charge in [-0.3, -0.25) is 4.79 Å². The largest absolute Gasteiger partial charge is 0.468 e. The zero-order valence-electron chi connectivity index (χ0n) is 13.5. The molecule has 1 aliphatic rings. The molecule has 1 aromatic carbocycles. The summed E-state index contributed by atoms with van der Waals surface area (Å²) in [6.07, 6.45) is 2.05. The molecule has 0 spiro atoms. The van der Waals surface area contributed by atoms with E-state index in [0.717, 1.165) is 19.4 Å². The molecule has 2 unspecified atom stereocenters. The zero-order chi connectivity index (χ0) is 15.4. The van der Waals surface area contributed by atoms with Crippen molar-refractivity contribution in [2.45, 2.75) is 39.3 Å². The Kier molecular flexibility index (Phi) is 5.23. The average molecular weight is 290 g/mol. The molecule has 2 rings (SSSR count). The number of hydrogen-bond acceptors (Lipinski definition) is 4. The molecule has 0 fully saturated rings. The van der Waals surface area contributed by atoms with E-state index in [1.54, 1.807) is 0 Å². The molecule has 2 atom stereocenters. The Hall–Kier alpha value is -1.55. The number of hydrogen-bond donors (Lipinski definition) is 1. The summed E-state index contributed by atoms with van der Waals surface area (Å²) < 4.78 is 4.90. The maximum Gasteiger partial charge on any atom is 0.323 e. The lowest BCUT2D eigenvalue weighted by Crippen LogP contribution is -2.42. The zero-order valence-corrected chi connectivity index (χ0v) is 13.5. The topological polar surface area (TPSA) is 41.6 Å². The Bertz CT molecular complexity index is 502. The Labute approximate surface area is 127 Å². The molecule has 4 nitrogen and oxygen atoms in total. The second kappa shape index (κ2) is 6.94. The lowest BCUT2D eigenvalue weighted by Gasteiger charge is -2.22. The summed E-state index contributed by atoms with van der Waals surface area (Å²) in [6.45, 7) is 5.95. The minimum Gasteiger partial charge on any atom is -0.468 e. The number of carbonyl (C=O) groups excluding carboxylic acids is 1. The van der Waals surface area contributed by atoms with Gasteiger partial charge in [-0.05, 0) is 29.5 Å². The highest BCUT2D eigenvalue weighted by molar-refractivity contribution is 5.76.